The lowest BCUT2D eigenvalue weighted by Gasteiger charge is -2.36. The van der Waals surface area contributed by atoms with E-state index in [1.54, 1.807) is 0 Å². The maximum absolute atomic E-state index is 13.8. The van der Waals surface area contributed by atoms with E-state index in [2.05, 4.69) is 41.7 Å². The van der Waals surface area contributed by atoms with Gasteiger partial charge in [0.15, 0.2) is 0 Å². The van der Waals surface area contributed by atoms with Crippen LogP contribution in [0.3, 0.4) is 0 Å². The van der Waals surface area contributed by atoms with Crippen molar-refractivity contribution < 1.29 is 14.3 Å². The highest BCUT2D eigenvalue weighted by Gasteiger charge is 2.40. The van der Waals surface area contributed by atoms with Crippen molar-refractivity contribution in [2.75, 3.05) is 13.1 Å². The number of alkyl carbamates (subject to hydrolysis) is 1. The summed E-state index contributed by atoms with van der Waals surface area (Å²) in [6.45, 7) is 6.61. The number of rotatable bonds is 6. The fourth-order valence-corrected chi connectivity index (χ4v) is 4.89. The second kappa shape index (κ2) is 10.3. The van der Waals surface area contributed by atoms with Crippen LogP contribution in [-0.2, 0) is 14.9 Å². The van der Waals surface area contributed by atoms with Crippen molar-refractivity contribution in [2.24, 2.45) is 0 Å². The van der Waals surface area contributed by atoms with Crippen LogP contribution in [0.1, 0.15) is 50.3 Å². The standard InChI is InChI=1S/C30H34N2O3/c1-29(2,3)35-28(34)31-26-19-20-32(22-26)27(33)21-30(23-13-7-4-8-14-23,24-15-9-5-10-16-24)25-17-11-6-12-18-25/h4-18,26H,19-22H2,1-3H3,(H,31,34). The van der Waals surface area contributed by atoms with Crippen molar-refractivity contribution in [1.29, 1.82) is 0 Å². The monoisotopic (exact) mass is 470 g/mol. The molecule has 0 bridgehead atoms. The number of amides is 2. The molecule has 1 N–H and O–H groups in total. The van der Waals surface area contributed by atoms with E-state index in [1.165, 1.54) is 0 Å². The summed E-state index contributed by atoms with van der Waals surface area (Å²) in [6.07, 6.45) is 0.563. The maximum Gasteiger partial charge on any atom is 0.407 e. The number of likely N-dealkylation sites (tertiary alicyclic amines) is 1. The van der Waals surface area contributed by atoms with Crippen LogP contribution in [-0.4, -0.2) is 41.6 Å². The second-order valence-corrected chi connectivity index (χ2v) is 10.2. The number of hydrogen-bond donors (Lipinski definition) is 1. The lowest BCUT2D eigenvalue weighted by atomic mass is 9.67. The molecule has 3 aromatic carbocycles. The van der Waals surface area contributed by atoms with Crippen LogP contribution in [0.5, 0.6) is 0 Å². The van der Waals surface area contributed by atoms with Crippen LogP contribution in [0.25, 0.3) is 0 Å². The minimum Gasteiger partial charge on any atom is -0.444 e. The van der Waals surface area contributed by atoms with Crippen molar-refractivity contribution in [3.05, 3.63) is 108 Å². The van der Waals surface area contributed by atoms with Gasteiger partial charge in [-0.3, -0.25) is 4.79 Å². The van der Waals surface area contributed by atoms with Gasteiger partial charge in [0.1, 0.15) is 5.60 Å². The Kier molecular flexibility index (Phi) is 7.25. The fourth-order valence-electron chi connectivity index (χ4n) is 4.89. The Bertz CT molecular complexity index is 1030. The Hall–Kier alpha value is -3.60. The molecule has 1 aliphatic rings. The van der Waals surface area contributed by atoms with Gasteiger partial charge in [-0.1, -0.05) is 91.0 Å². The molecule has 0 aliphatic carbocycles. The normalized spacial score (nSPS) is 16.1. The largest absolute Gasteiger partial charge is 0.444 e. The first kappa shape index (κ1) is 24.5. The smallest absolute Gasteiger partial charge is 0.407 e. The maximum atomic E-state index is 13.8. The van der Waals surface area contributed by atoms with E-state index in [0.29, 0.717) is 25.9 Å². The van der Waals surface area contributed by atoms with E-state index in [1.807, 2.05) is 80.3 Å². The summed E-state index contributed by atoms with van der Waals surface area (Å²) in [5.41, 5.74) is 2.05. The molecule has 0 aromatic heterocycles. The van der Waals surface area contributed by atoms with Gasteiger partial charge in [0.05, 0.1) is 11.5 Å². The summed E-state index contributed by atoms with van der Waals surface area (Å²) >= 11 is 0. The average molecular weight is 471 g/mol. The Morgan fingerprint density at radius 2 is 1.29 bits per heavy atom. The van der Waals surface area contributed by atoms with Gasteiger partial charge in [-0.15, -0.1) is 0 Å². The summed E-state index contributed by atoms with van der Waals surface area (Å²) in [4.78, 5) is 27.9. The lowest BCUT2D eigenvalue weighted by molar-refractivity contribution is -0.131. The van der Waals surface area contributed by atoms with Gasteiger partial charge >= 0.3 is 6.09 Å². The molecule has 1 heterocycles. The van der Waals surface area contributed by atoms with Gasteiger partial charge < -0.3 is 15.0 Å². The lowest BCUT2D eigenvalue weighted by Crippen LogP contribution is -2.42. The van der Waals surface area contributed by atoms with E-state index in [4.69, 9.17) is 4.74 Å². The molecule has 0 saturated carbocycles. The Balaban J connectivity index is 1.62. The SMILES string of the molecule is CC(C)(C)OC(=O)NC1CCN(C(=O)CC(c2ccccc2)(c2ccccc2)c2ccccc2)C1. The highest BCUT2D eigenvalue weighted by Crippen LogP contribution is 2.42. The molecule has 5 heteroatoms. The first-order valence-electron chi connectivity index (χ1n) is 12.2. The van der Waals surface area contributed by atoms with Crippen molar-refractivity contribution in [3.8, 4) is 0 Å². The van der Waals surface area contributed by atoms with E-state index in [0.717, 1.165) is 16.7 Å². The quantitative estimate of drug-likeness (QED) is 0.482. The van der Waals surface area contributed by atoms with E-state index in [9.17, 15) is 9.59 Å². The van der Waals surface area contributed by atoms with Crippen molar-refractivity contribution in [2.45, 2.75) is 50.7 Å². The zero-order valence-corrected chi connectivity index (χ0v) is 20.7. The van der Waals surface area contributed by atoms with Crippen molar-refractivity contribution >= 4 is 12.0 Å². The van der Waals surface area contributed by atoms with E-state index < -0.39 is 17.1 Å². The third kappa shape index (κ3) is 5.73. The number of carbonyl (C=O) groups excluding carboxylic acids is 2. The number of nitrogens with one attached hydrogen (secondary N) is 1. The third-order valence-corrected chi connectivity index (χ3v) is 6.48. The van der Waals surface area contributed by atoms with Crippen LogP contribution >= 0.6 is 0 Å². The summed E-state index contributed by atoms with van der Waals surface area (Å²) in [5.74, 6) is 0.0649. The summed E-state index contributed by atoms with van der Waals surface area (Å²) in [6, 6.07) is 30.6. The zero-order chi connectivity index (χ0) is 24.9. The van der Waals surface area contributed by atoms with E-state index >= 15 is 0 Å². The molecule has 1 unspecified atom stereocenters. The topological polar surface area (TPSA) is 58.6 Å². The van der Waals surface area contributed by atoms with Crippen LogP contribution in [0.2, 0.25) is 0 Å². The van der Waals surface area contributed by atoms with Crippen LogP contribution in [0, 0.1) is 0 Å². The first-order valence-corrected chi connectivity index (χ1v) is 12.2. The summed E-state index contributed by atoms with van der Waals surface area (Å²) in [5, 5.41) is 2.92. The molecule has 2 amide bonds. The van der Waals surface area contributed by atoms with Gasteiger partial charge in [-0.05, 0) is 43.9 Å². The number of benzene rings is 3. The number of ether oxygens (including phenoxy) is 1. The molecule has 5 nitrogen and oxygen atoms in total. The number of carbonyl (C=O) groups is 2. The molecule has 1 atom stereocenters. The molecule has 35 heavy (non-hydrogen) atoms. The van der Waals surface area contributed by atoms with Crippen molar-refractivity contribution in [3.63, 3.8) is 0 Å². The molecule has 182 valence electrons. The van der Waals surface area contributed by atoms with Gasteiger partial charge in [0.25, 0.3) is 0 Å². The summed E-state index contributed by atoms with van der Waals surface area (Å²) in [7, 11) is 0. The summed E-state index contributed by atoms with van der Waals surface area (Å²) < 4.78 is 5.40. The molecular formula is C30H34N2O3. The van der Waals surface area contributed by atoms with Crippen LogP contribution in [0.15, 0.2) is 91.0 Å². The van der Waals surface area contributed by atoms with Crippen LogP contribution in [0.4, 0.5) is 4.79 Å². The second-order valence-electron chi connectivity index (χ2n) is 10.2. The highest BCUT2D eigenvalue weighted by molar-refractivity contribution is 5.81. The van der Waals surface area contributed by atoms with Crippen LogP contribution < -0.4 is 5.32 Å². The number of nitrogens with zero attached hydrogens (tertiary/aromatic N) is 1. The van der Waals surface area contributed by atoms with Crippen molar-refractivity contribution in [1.82, 2.24) is 10.2 Å². The Labute approximate surface area is 208 Å². The average Bonchev–Trinajstić information content (AvgIpc) is 3.31. The molecule has 4 rings (SSSR count). The predicted molar refractivity (Wildman–Crippen MR) is 138 cm³/mol. The highest BCUT2D eigenvalue weighted by atomic mass is 16.6. The van der Waals surface area contributed by atoms with E-state index in [-0.39, 0.29) is 11.9 Å². The van der Waals surface area contributed by atoms with Gasteiger partial charge in [0.2, 0.25) is 5.91 Å². The minimum absolute atomic E-state index is 0.0649. The predicted octanol–water partition coefficient (Wildman–Crippen LogP) is 5.54. The Morgan fingerprint density at radius 3 is 1.71 bits per heavy atom. The van der Waals surface area contributed by atoms with Gasteiger partial charge in [-0.2, -0.15) is 0 Å². The van der Waals surface area contributed by atoms with Gasteiger partial charge in [0, 0.05) is 19.5 Å². The van der Waals surface area contributed by atoms with Gasteiger partial charge in [-0.25, -0.2) is 4.79 Å². The molecule has 0 spiro atoms. The molecule has 3 aromatic rings. The third-order valence-electron chi connectivity index (χ3n) is 6.48. The Morgan fingerprint density at radius 1 is 0.829 bits per heavy atom. The minimum atomic E-state index is -0.627. The fraction of sp³-hybridized carbons (Fsp3) is 0.333. The molecule has 1 aliphatic heterocycles. The molecule has 1 fully saturated rings. The first-order chi connectivity index (χ1) is 16.8. The zero-order valence-electron chi connectivity index (χ0n) is 20.7. The number of hydrogen-bond acceptors (Lipinski definition) is 3. The molecular weight excluding hydrogens is 436 g/mol. The molecule has 0 radical (unpaired) electrons. The molecule has 1 saturated heterocycles.